The molecule has 0 aliphatic heterocycles. The van der Waals surface area contributed by atoms with Crippen molar-refractivity contribution in [2.75, 3.05) is 0 Å². The molecule has 0 unspecified atom stereocenters. The number of carbonyl (C=O) groups is 2. The normalized spacial score (nSPS) is 29.6. The summed E-state index contributed by atoms with van der Waals surface area (Å²) in [7, 11) is 0. The molecule has 1 saturated carbocycles. The van der Waals surface area contributed by atoms with Crippen molar-refractivity contribution in [1.29, 1.82) is 0 Å². The van der Waals surface area contributed by atoms with Crippen LogP contribution in [0.1, 0.15) is 12.0 Å². The van der Waals surface area contributed by atoms with Crippen molar-refractivity contribution in [2.45, 2.75) is 13.0 Å². The highest BCUT2D eigenvalue weighted by Crippen LogP contribution is 2.48. The summed E-state index contributed by atoms with van der Waals surface area (Å²) >= 11 is 0. The number of hydrogen-bond donors (Lipinski definition) is 2. The number of hydrogen-bond acceptors (Lipinski definition) is 2. The number of rotatable bonds is 4. The lowest BCUT2D eigenvalue weighted by atomic mass is 9.82. The second kappa shape index (κ2) is 5.31. The third-order valence-electron chi connectivity index (χ3n) is 4.43. The van der Waals surface area contributed by atoms with Gasteiger partial charge in [-0.1, -0.05) is 24.3 Å². The lowest BCUT2D eigenvalue weighted by Crippen LogP contribution is -2.39. The Morgan fingerprint density at radius 1 is 1.14 bits per heavy atom. The van der Waals surface area contributed by atoms with E-state index in [9.17, 15) is 19.1 Å². The van der Waals surface area contributed by atoms with Gasteiger partial charge in [-0.2, -0.15) is 0 Å². The Morgan fingerprint density at radius 2 is 1.76 bits per heavy atom. The highest BCUT2D eigenvalue weighted by Gasteiger charge is 2.51. The predicted octanol–water partition coefficient (Wildman–Crippen LogP) is 1.96. The Labute approximate surface area is 121 Å². The molecule has 0 aromatic heterocycles. The van der Waals surface area contributed by atoms with Crippen molar-refractivity contribution in [3.05, 3.63) is 47.8 Å². The van der Waals surface area contributed by atoms with Gasteiger partial charge in [0, 0.05) is 6.54 Å². The van der Waals surface area contributed by atoms with Crippen LogP contribution < -0.4 is 5.32 Å². The smallest absolute Gasteiger partial charge is 0.307 e. The molecule has 2 N–H and O–H groups in total. The van der Waals surface area contributed by atoms with Crippen LogP contribution in [0.4, 0.5) is 4.39 Å². The summed E-state index contributed by atoms with van der Waals surface area (Å²) in [6.07, 6.45) is 4.60. The number of carboxylic acid groups (broad SMARTS) is 1. The molecule has 0 radical (unpaired) electrons. The van der Waals surface area contributed by atoms with Crippen LogP contribution in [0.15, 0.2) is 36.4 Å². The third kappa shape index (κ3) is 2.55. The molecular weight excluding hydrogens is 273 g/mol. The van der Waals surface area contributed by atoms with Gasteiger partial charge in [0.05, 0.1) is 11.8 Å². The van der Waals surface area contributed by atoms with Crippen LogP contribution in [0.3, 0.4) is 0 Å². The summed E-state index contributed by atoms with van der Waals surface area (Å²) in [5.41, 5.74) is 0.787. The van der Waals surface area contributed by atoms with Crippen LogP contribution in [-0.4, -0.2) is 17.0 Å². The molecule has 5 heteroatoms. The highest BCUT2D eigenvalue weighted by molar-refractivity contribution is 5.86. The van der Waals surface area contributed by atoms with Crippen LogP contribution >= 0.6 is 0 Å². The van der Waals surface area contributed by atoms with E-state index in [1.54, 1.807) is 12.1 Å². The Balaban J connectivity index is 1.66. The van der Waals surface area contributed by atoms with Gasteiger partial charge in [-0.25, -0.2) is 4.39 Å². The van der Waals surface area contributed by atoms with E-state index in [2.05, 4.69) is 5.32 Å². The van der Waals surface area contributed by atoms with E-state index in [4.69, 9.17) is 0 Å². The van der Waals surface area contributed by atoms with Gasteiger partial charge in [-0.15, -0.1) is 0 Å². The first-order valence-electron chi connectivity index (χ1n) is 6.99. The summed E-state index contributed by atoms with van der Waals surface area (Å²) < 4.78 is 12.8. The number of nitrogens with one attached hydrogen (secondary N) is 1. The number of allylic oxidation sites excluding steroid dienone is 2. The number of benzene rings is 1. The first-order valence-corrected chi connectivity index (χ1v) is 6.99. The molecule has 0 heterocycles. The lowest BCUT2D eigenvalue weighted by Gasteiger charge is -2.23. The van der Waals surface area contributed by atoms with Crippen molar-refractivity contribution in [3.63, 3.8) is 0 Å². The van der Waals surface area contributed by atoms with Gasteiger partial charge in [-0.05, 0) is 36.0 Å². The summed E-state index contributed by atoms with van der Waals surface area (Å²) in [6, 6.07) is 5.87. The van der Waals surface area contributed by atoms with E-state index in [1.807, 2.05) is 12.2 Å². The molecule has 2 bridgehead atoms. The maximum Gasteiger partial charge on any atom is 0.307 e. The first kappa shape index (κ1) is 13.8. The molecule has 1 aromatic rings. The van der Waals surface area contributed by atoms with E-state index in [1.165, 1.54) is 12.1 Å². The second-order valence-electron chi connectivity index (χ2n) is 5.68. The number of halogens is 1. The molecule has 2 aliphatic carbocycles. The van der Waals surface area contributed by atoms with Crippen LogP contribution in [0, 0.1) is 29.5 Å². The molecule has 1 amide bonds. The van der Waals surface area contributed by atoms with Gasteiger partial charge in [0.1, 0.15) is 5.82 Å². The minimum atomic E-state index is -0.909. The Kier molecular flexibility index (Phi) is 3.49. The molecule has 3 rings (SSSR count). The Morgan fingerprint density at radius 3 is 2.38 bits per heavy atom. The third-order valence-corrected chi connectivity index (χ3v) is 4.43. The van der Waals surface area contributed by atoms with Gasteiger partial charge < -0.3 is 10.4 Å². The molecule has 1 fully saturated rings. The monoisotopic (exact) mass is 289 g/mol. The number of aliphatic carboxylic acids is 1. The fraction of sp³-hybridized carbons (Fsp3) is 0.375. The van der Waals surface area contributed by atoms with Crippen molar-refractivity contribution in [1.82, 2.24) is 5.32 Å². The van der Waals surface area contributed by atoms with Gasteiger partial charge >= 0.3 is 5.97 Å². The molecule has 110 valence electrons. The van der Waals surface area contributed by atoms with Crippen molar-refractivity contribution in [2.24, 2.45) is 23.7 Å². The van der Waals surface area contributed by atoms with Crippen molar-refractivity contribution >= 4 is 11.9 Å². The molecule has 4 nitrogen and oxygen atoms in total. The largest absolute Gasteiger partial charge is 0.481 e. The zero-order chi connectivity index (χ0) is 15.0. The van der Waals surface area contributed by atoms with E-state index in [0.717, 1.165) is 12.0 Å². The van der Waals surface area contributed by atoms with Crippen molar-refractivity contribution in [3.8, 4) is 0 Å². The second-order valence-corrected chi connectivity index (χ2v) is 5.68. The predicted molar refractivity (Wildman–Crippen MR) is 73.6 cm³/mol. The first-order chi connectivity index (χ1) is 10.1. The van der Waals surface area contributed by atoms with Crippen LogP contribution in [-0.2, 0) is 16.1 Å². The van der Waals surface area contributed by atoms with E-state index < -0.39 is 17.8 Å². The molecule has 4 atom stereocenters. The average molecular weight is 289 g/mol. The summed E-state index contributed by atoms with van der Waals surface area (Å²) in [5, 5.41) is 12.1. The Hall–Kier alpha value is -2.17. The highest BCUT2D eigenvalue weighted by atomic mass is 19.1. The lowest BCUT2D eigenvalue weighted by molar-refractivity contribution is -0.147. The maximum atomic E-state index is 12.8. The van der Waals surface area contributed by atoms with E-state index in [-0.39, 0.29) is 30.1 Å². The molecule has 0 saturated heterocycles. The van der Waals surface area contributed by atoms with Crippen LogP contribution in [0.25, 0.3) is 0 Å². The van der Waals surface area contributed by atoms with Gasteiger partial charge in [0.25, 0.3) is 0 Å². The molecule has 0 spiro atoms. The minimum absolute atomic E-state index is 0.0179. The summed E-state index contributed by atoms with van der Waals surface area (Å²) in [6.45, 7) is 0.281. The Bertz CT molecular complexity index is 596. The zero-order valence-electron chi connectivity index (χ0n) is 11.3. The molecule has 2 aliphatic rings. The number of carbonyl (C=O) groups excluding carboxylic acids is 1. The summed E-state index contributed by atoms with van der Waals surface area (Å²) in [4.78, 5) is 23.7. The topological polar surface area (TPSA) is 66.4 Å². The zero-order valence-corrected chi connectivity index (χ0v) is 11.3. The minimum Gasteiger partial charge on any atom is -0.481 e. The quantitative estimate of drug-likeness (QED) is 0.833. The summed E-state index contributed by atoms with van der Waals surface area (Å²) in [5.74, 6) is -2.61. The number of fused-ring (bicyclic) bond motifs is 2. The fourth-order valence-corrected chi connectivity index (χ4v) is 3.43. The van der Waals surface area contributed by atoms with Crippen LogP contribution in [0.2, 0.25) is 0 Å². The molecule has 1 aromatic carbocycles. The standard InChI is InChI=1S/C16H16FNO3/c17-12-5-1-9(2-6-12)8-18-15(19)13-10-3-4-11(7-10)14(13)16(20)21/h1-6,10-11,13-14H,7-8H2,(H,18,19)(H,20,21)/t10-,11-,13-,14+/m0/s1. The SMILES string of the molecule is O=C(NCc1ccc(F)cc1)[C@@H]1[C@H](C(=O)O)[C@H]2C=C[C@H]1C2. The number of carboxylic acids is 1. The fourth-order valence-electron chi connectivity index (χ4n) is 3.43. The van der Waals surface area contributed by atoms with Gasteiger partial charge in [0.15, 0.2) is 0 Å². The average Bonchev–Trinajstić information content (AvgIpc) is 3.06. The maximum absolute atomic E-state index is 12.8. The van der Waals surface area contributed by atoms with E-state index in [0.29, 0.717) is 0 Å². The van der Waals surface area contributed by atoms with Gasteiger partial charge in [0.2, 0.25) is 5.91 Å². The molecular formula is C16H16FNO3. The van der Waals surface area contributed by atoms with Crippen molar-refractivity contribution < 1.29 is 19.1 Å². The number of amides is 1. The molecule has 21 heavy (non-hydrogen) atoms. The van der Waals surface area contributed by atoms with Crippen LogP contribution in [0.5, 0.6) is 0 Å². The van der Waals surface area contributed by atoms with E-state index >= 15 is 0 Å². The van der Waals surface area contributed by atoms with Gasteiger partial charge in [-0.3, -0.25) is 9.59 Å².